The smallest absolute Gasteiger partial charge is 0.133 e. The van der Waals surface area contributed by atoms with E-state index in [2.05, 4.69) is 17.0 Å². The molecule has 3 nitrogen and oxygen atoms in total. The summed E-state index contributed by atoms with van der Waals surface area (Å²) in [6.45, 7) is 2.70. The van der Waals surface area contributed by atoms with Crippen LogP contribution in [0.2, 0.25) is 0 Å². The molecule has 0 aliphatic carbocycles. The highest BCUT2D eigenvalue weighted by molar-refractivity contribution is 8.00. The number of anilines is 2. The van der Waals surface area contributed by atoms with Crippen molar-refractivity contribution >= 4 is 29.4 Å². The maximum Gasteiger partial charge on any atom is 0.133 e. The van der Waals surface area contributed by atoms with E-state index in [-0.39, 0.29) is 5.25 Å². The first-order chi connectivity index (χ1) is 10.1. The molecule has 110 valence electrons. The van der Waals surface area contributed by atoms with Crippen molar-refractivity contribution in [2.75, 3.05) is 17.7 Å². The second-order valence-corrected chi connectivity index (χ2v) is 6.45. The van der Waals surface area contributed by atoms with Crippen molar-refractivity contribution in [3.8, 4) is 0 Å². The van der Waals surface area contributed by atoms with E-state index in [1.165, 1.54) is 5.56 Å². The van der Waals surface area contributed by atoms with Crippen LogP contribution in [0.5, 0.6) is 0 Å². The summed E-state index contributed by atoms with van der Waals surface area (Å²) in [6, 6.07) is 16.1. The van der Waals surface area contributed by atoms with Crippen LogP contribution in [0.3, 0.4) is 0 Å². The summed E-state index contributed by atoms with van der Waals surface area (Å²) in [5.74, 6) is 0. The second kappa shape index (κ2) is 7.18. The van der Waals surface area contributed by atoms with Crippen LogP contribution in [0.4, 0.5) is 11.4 Å². The largest absolute Gasteiger partial charge is 0.399 e. The molecule has 0 bridgehead atoms. The zero-order chi connectivity index (χ0) is 15.2. The van der Waals surface area contributed by atoms with Gasteiger partial charge in [-0.2, -0.15) is 0 Å². The first-order valence-corrected chi connectivity index (χ1v) is 7.74. The van der Waals surface area contributed by atoms with E-state index in [0.717, 1.165) is 29.1 Å². The van der Waals surface area contributed by atoms with Gasteiger partial charge in [0, 0.05) is 24.2 Å². The van der Waals surface area contributed by atoms with Gasteiger partial charge in [-0.25, -0.2) is 0 Å². The molecule has 1 unspecified atom stereocenters. The van der Waals surface area contributed by atoms with E-state index < -0.39 is 0 Å². The zero-order valence-electron chi connectivity index (χ0n) is 12.3. The van der Waals surface area contributed by atoms with Crippen LogP contribution in [0.15, 0.2) is 53.4 Å². The average molecular weight is 300 g/mol. The van der Waals surface area contributed by atoms with Crippen LogP contribution >= 0.6 is 11.8 Å². The molecule has 0 saturated carbocycles. The van der Waals surface area contributed by atoms with Crippen molar-refractivity contribution in [1.82, 2.24) is 0 Å². The van der Waals surface area contributed by atoms with Gasteiger partial charge in [0.15, 0.2) is 0 Å². The topological polar surface area (TPSA) is 46.3 Å². The molecule has 4 heteroatoms. The number of nitrogens with two attached hydrogens (primary N) is 1. The Morgan fingerprint density at radius 1 is 1.24 bits per heavy atom. The number of aldehydes is 1. The lowest BCUT2D eigenvalue weighted by Gasteiger charge is -2.23. The van der Waals surface area contributed by atoms with Crippen LogP contribution < -0.4 is 10.6 Å². The van der Waals surface area contributed by atoms with Crippen LogP contribution in [0.1, 0.15) is 12.5 Å². The van der Waals surface area contributed by atoms with E-state index in [9.17, 15) is 4.79 Å². The Bertz CT molecular complexity index is 601. The Labute approximate surface area is 130 Å². The fourth-order valence-corrected chi connectivity index (χ4v) is 3.04. The minimum absolute atomic E-state index is 0.0718. The summed E-state index contributed by atoms with van der Waals surface area (Å²) >= 11 is 1.55. The molecule has 0 spiro atoms. The van der Waals surface area contributed by atoms with Crippen molar-refractivity contribution in [3.05, 3.63) is 54.1 Å². The lowest BCUT2D eigenvalue weighted by Crippen LogP contribution is -2.17. The molecule has 0 aliphatic heterocycles. The first-order valence-electron chi connectivity index (χ1n) is 6.86. The van der Waals surface area contributed by atoms with Crippen LogP contribution in [0, 0.1) is 0 Å². The Morgan fingerprint density at radius 2 is 1.95 bits per heavy atom. The van der Waals surface area contributed by atoms with E-state index >= 15 is 0 Å². The number of thioether (sulfide) groups is 1. The Balaban J connectivity index is 2.24. The highest BCUT2D eigenvalue weighted by Crippen LogP contribution is 2.34. The van der Waals surface area contributed by atoms with Gasteiger partial charge in [-0.05, 0) is 30.7 Å². The number of rotatable bonds is 6. The molecule has 0 aliphatic rings. The number of hydrogen-bond acceptors (Lipinski definition) is 4. The molecule has 0 radical (unpaired) electrons. The first kappa shape index (κ1) is 15.4. The SMILES string of the molecule is CC(C=O)Sc1ccc(N)cc1N(C)Cc1ccccc1. The molecule has 2 N–H and O–H groups in total. The average Bonchev–Trinajstić information content (AvgIpc) is 2.49. The van der Waals surface area contributed by atoms with E-state index in [0.29, 0.717) is 0 Å². The van der Waals surface area contributed by atoms with E-state index in [1.54, 1.807) is 11.8 Å². The standard InChI is InChI=1S/C17H20N2OS/c1-13(12-20)21-17-9-8-15(18)10-16(17)19(2)11-14-6-4-3-5-7-14/h3-10,12-13H,11,18H2,1-2H3. The second-order valence-electron chi connectivity index (χ2n) is 5.03. The Kier molecular flexibility index (Phi) is 5.28. The van der Waals surface area contributed by atoms with Crippen LogP contribution in [-0.4, -0.2) is 18.6 Å². The summed E-state index contributed by atoms with van der Waals surface area (Å²) in [7, 11) is 2.04. The van der Waals surface area contributed by atoms with Gasteiger partial charge >= 0.3 is 0 Å². The maximum absolute atomic E-state index is 10.9. The molecule has 21 heavy (non-hydrogen) atoms. The molecule has 2 rings (SSSR count). The third-order valence-corrected chi connectivity index (χ3v) is 4.24. The quantitative estimate of drug-likeness (QED) is 0.503. The number of benzene rings is 2. The number of nitrogens with zero attached hydrogens (tertiary/aromatic N) is 1. The van der Waals surface area contributed by atoms with Crippen molar-refractivity contribution in [2.24, 2.45) is 0 Å². The molecule has 1 atom stereocenters. The number of hydrogen-bond donors (Lipinski definition) is 1. The maximum atomic E-state index is 10.9. The molecule has 0 fully saturated rings. The molecular weight excluding hydrogens is 280 g/mol. The Morgan fingerprint density at radius 3 is 2.62 bits per heavy atom. The number of nitrogen functional groups attached to an aromatic ring is 1. The lowest BCUT2D eigenvalue weighted by molar-refractivity contribution is -0.107. The third-order valence-electron chi connectivity index (χ3n) is 3.16. The highest BCUT2D eigenvalue weighted by Gasteiger charge is 2.12. The highest BCUT2D eigenvalue weighted by atomic mass is 32.2. The molecule has 0 aromatic heterocycles. The van der Waals surface area contributed by atoms with Crippen LogP contribution in [0.25, 0.3) is 0 Å². The molecule has 2 aromatic rings. The molecule has 0 heterocycles. The predicted molar refractivity (Wildman–Crippen MR) is 90.8 cm³/mol. The van der Waals surface area contributed by atoms with Gasteiger partial charge in [-0.15, -0.1) is 11.8 Å². The normalized spacial score (nSPS) is 11.9. The summed E-state index contributed by atoms with van der Waals surface area (Å²) in [5, 5.41) is -0.0718. The van der Waals surface area contributed by atoms with Crippen molar-refractivity contribution in [2.45, 2.75) is 23.6 Å². The minimum atomic E-state index is -0.0718. The summed E-state index contributed by atoms with van der Waals surface area (Å²) < 4.78 is 0. The predicted octanol–water partition coefficient (Wildman–Crippen LogP) is 3.58. The summed E-state index contributed by atoms with van der Waals surface area (Å²) in [4.78, 5) is 14.1. The van der Waals surface area contributed by atoms with Crippen molar-refractivity contribution < 1.29 is 4.79 Å². The summed E-state index contributed by atoms with van der Waals surface area (Å²) in [6.07, 6.45) is 0.960. The Hall–Kier alpha value is -1.94. The lowest BCUT2D eigenvalue weighted by atomic mass is 10.2. The molecule has 0 amide bonds. The van der Waals surface area contributed by atoms with Gasteiger partial charge < -0.3 is 15.4 Å². The van der Waals surface area contributed by atoms with Gasteiger partial charge in [0.1, 0.15) is 6.29 Å². The van der Waals surface area contributed by atoms with Gasteiger partial charge in [-0.3, -0.25) is 0 Å². The van der Waals surface area contributed by atoms with Crippen LogP contribution in [-0.2, 0) is 11.3 Å². The molecule has 0 saturated heterocycles. The van der Waals surface area contributed by atoms with Crippen molar-refractivity contribution in [1.29, 1.82) is 0 Å². The minimum Gasteiger partial charge on any atom is -0.399 e. The van der Waals surface area contributed by atoms with E-state index in [4.69, 9.17) is 5.73 Å². The number of carbonyl (C=O) groups is 1. The van der Waals surface area contributed by atoms with Gasteiger partial charge in [-0.1, -0.05) is 30.3 Å². The summed E-state index contributed by atoms with van der Waals surface area (Å²) in [5.41, 5.74) is 8.94. The molecular formula is C17H20N2OS. The van der Waals surface area contributed by atoms with E-state index in [1.807, 2.05) is 50.4 Å². The molecule has 2 aromatic carbocycles. The third kappa shape index (κ3) is 4.26. The fourth-order valence-electron chi connectivity index (χ4n) is 2.10. The zero-order valence-corrected chi connectivity index (χ0v) is 13.1. The van der Waals surface area contributed by atoms with Gasteiger partial charge in [0.05, 0.1) is 10.9 Å². The van der Waals surface area contributed by atoms with Gasteiger partial charge in [0.2, 0.25) is 0 Å². The number of carbonyl (C=O) groups excluding carboxylic acids is 1. The van der Waals surface area contributed by atoms with Gasteiger partial charge in [0.25, 0.3) is 0 Å². The fraction of sp³-hybridized carbons (Fsp3) is 0.235. The monoisotopic (exact) mass is 300 g/mol. The van der Waals surface area contributed by atoms with Crippen molar-refractivity contribution in [3.63, 3.8) is 0 Å².